The summed E-state index contributed by atoms with van der Waals surface area (Å²) in [5.41, 5.74) is 2.30. The zero-order valence-corrected chi connectivity index (χ0v) is 17.7. The molecule has 0 bridgehead atoms. The van der Waals surface area contributed by atoms with Gasteiger partial charge in [-0.3, -0.25) is 9.69 Å². The molecule has 0 aliphatic carbocycles. The number of carbonyl (C=O) groups excluding carboxylic acids is 1. The lowest BCUT2D eigenvalue weighted by atomic mass is 10.0. The molecule has 1 N–H and O–H groups in total. The number of piperazine rings is 1. The van der Waals surface area contributed by atoms with E-state index in [0.717, 1.165) is 37.5 Å². The number of hydrogen-bond donors (Lipinski definition) is 1. The summed E-state index contributed by atoms with van der Waals surface area (Å²) < 4.78 is 5.33. The second-order valence-electron chi connectivity index (χ2n) is 7.86. The number of nitrogens with zero attached hydrogens (tertiary/aromatic N) is 2. The van der Waals surface area contributed by atoms with Crippen LogP contribution in [0.2, 0.25) is 0 Å². The van der Waals surface area contributed by atoms with Gasteiger partial charge < -0.3 is 15.0 Å². The van der Waals surface area contributed by atoms with Gasteiger partial charge >= 0.3 is 0 Å². The van der Waals surface area contributed by atoms with E-state index in [-0.39, 0.29) is 11.9 Å². The molecule has 1 heterocycles. The molecule has 1 amide bonds. The maximum absolute atomic E-state index is 12.6. The van der Waals surface area contributed by atoms with Gasteiger partial charge in [0.1, 0.15) is 5.75 Å². The predicted molar refractivity (Wildman–Crippen MR) is 122 cm³/mol. The molecular weight excluding hydrogens is 374 g/mol. The second-order valence-corrected chi connectivity index (χ2v) is 7.86. The van der Waals surface area contributed by atoms with Crippen LogP contribution in [0, 0.1) is 0 Å². The van der Waals surface area contributed by atoms with Crippen LogP contribution in [0.1, 0.15) is 18.5 Å². The molecule has 156 valence electrons. The Labute approximate surface area is 178 Å². The number of hydrogen-bond acceptors (Lipinski definition) is 4. The number of anilines is 1. The van der Waals surface area contributed by atoms with Crippen LogP contribution in [0.15, 0.2) is 66.7 Å². The van der Waals surface area contributed by atoms with Crippen molar-refractivity contribution in [2.75, 3.05) is 44.7 Å². The Kier molecular flexibility index (Phi) is 6.19. The third-order valence-electron chi connectivity index (χ3n) is 5.81. The first kappa shape index (κ1) is 20.2. The zero-order valence-electron chi connectivity index (χ0n) is 17.7. The molecule has 1 aliphatic heterocycles. The van der Waals surface area contributed by atoms with Crippen LogP contribution in [0.5, 0.6) is 5.75 Å². The average molecular weight is 404 g/mol. The van der Waals surface area contributed by atoms with Crippen molar-refractivity contribution in [2.45, 2.75) is 13.0 Å². The van der Waals surface area contributed by atoms with E-state index in [9.17, 15) is 4.79 Å². The minimum absolute atomic E-state index is 0.0137. The lowest BCUT2D eigenvalue weighted by molar-refractivity contribution is -0.123. The number of amides is 1. The van der Waals surface area contributed by atoms with Crippen molar-refractivity contribution in [3.8, 4) is 5.75 Å². The lowest BCUT2D eigenvalue weighted by Gasteiger charge is -2.36. The third-order valence-corrected chi connectivity index (χ3v) is 5.81. The van der Waals surface area contributed by atoms with Gasteiger partial charge in [0.2, 0.25) is 5.91 Å². The van der Waals surface area contributed by atoms with Crippen LogP contribution in [0.3, 0.4) is 0 Å². The first-order chi connectivity index (χ1) is 14.6. The molecular formula is C25H29N3O2. The van der Waals surface area contributed by atoms with Gasteiger partial charge in [-0.2, -0.15) is 0 Å². The summed E-state index contributed by atoms with van der Waals surface area (Å²) in [6, 6.07) is 22.8. The fourth-order valence-corrected chi connectivity index (χ4v) is 4.02. The Bertz CT molecular complexity index is 1010. The molecule has 5 nitrogen and oxygen atoms in total. The predicted octanol–water partition coefficient (Wildman–Crippen LogP) is 3.85. The first-order valence-corrected chi connectivity index (χ1v) is 10.5. The Balaban J connectivity index is 1.29. The minimum Gasteiger partial charge on any atom is -0.497 e. The van der Waals surface area contributed by atoms with Gasteiger partial charge in [-0.15, -0.1) is 0 Å². The maximum Gasteiger partial charge on any atom is 0.234 e. The van der Waals surface area contributed by atoms with Crippen LogP contribution < -0.4 is 15.0 Å². The van der Waals surface area contributed by atoms with Crippen molar-refractivity contribution in [1.82, 2.24) is 10.2 Å². The van der Waals surface area contributed by atoms with E-state index < -0.39 is 0 Å². The van der Waals surface area contributed by atoms with Gasteiger partial charge in [-0.1, -0.05) is 42.5 Å². The Morgan fingerprint density at radius 2 is 1.73 bits per heavy atom. The number of fused-ring (bicyclic) bond motifs is 1. The van der Waals surface area contributed by atoms with Crippen molar-refractivity contribution in [1.29, 1.82) is 0 Å². The fraction of sp³-hybridized carbons (Fsp3) is 0.320. The molecule has 1 aliphatic rings. The van der Waals surface area contributed by atoms with Crippen LogP contribution in [-0.4, -0.2) is 50.6 Å². The zero-order chi connectivity index (χ0) is 20.9. The molecule has 1 atom stereocenters. The molecule has 30 heavy (non-hydrogen) atoms. The molecule has 0 unspecified atom stereocenters. The lowest BCUT2D eigenvalue weighted by Crippen LogP contribution is -2.49. The standard InChI is InChI=1S/C25H29N3O2/c1-19(21-11-10-20-6-3-4-7-22(20)16-21)26-25(29)18-27-12-14-28(15-13-27)23-8-5-9-24(17-23)30-2/h3-11,16-17,19H,12-15,18H2,1-2H3,(H,26,29)/t19-/m1/s1. The largest absolute Gasteiger partial charge is 0.497 e. The molecule has 1 saturated heterocycles. The number of methoxy groups -OCH3 is 1. The fourth-order valence-electron chi connectivity index (χ4n) is 4.02. The number of nitrogens with one attached hydrogen (secondary N) is 1. The molecule has 1 fully saturated rings. The minimum atomic E-state index is -0.0137. The average Bonchev–Trinajstić information content (AvgIpc) is 2.79. The van der Waals surface area contributed by atoms with E-state index >= 15 is 0 Å². The van der Waals surface area contributed by atoms with Crippen LogP contribution in [-0.2, 0) is 4.79 Å². The quantitative estimate of drug-likeness (QED) is 0.679. The number of benzene rings is 3. The molecule has 3 aromatic carbocycles. The molecule has 4 rings (SSSR count). The van der Waals surface area contributed by atoms with E-state index in [4.69, 9.17) is 4.74 Å². The Morgan fingerprint density at radius 3 is 2.50 bits per heavy atom. The van der Waals surface area contributed by atoms with Crippen molar-refractivity contribution in [3.05, 3.63) is 72.3 Å². The Morgan fingerprint density at radius 1 is 0.967 bits per heavy atom. The monoisotopic (exact) mass is 403 g/mol. The van der Waals surface area contributed by atoms with Crippen LogP contribution in [0.25, 0.3) is 10.8 Å². The molecule has 0 radical (unpaired) electrons. The van der Waals surface area contributed by atoms with Crippen LogP contribution in [0.4, 0.5) is 5.69 Å². The van der Waals surface area contributed by atoms with Gasteiger partial charge in [0, 0.05) is 37.9 Å². The topological polar surface area (TPSA) is 44.8 Å². The van der Waals surface area contributed by atoms with Crippen molar-refractivity contribution >= 4 is 22.4 Å². The van der Waals surface area contributed by atoms with Gasteiger partial charge in [0.05, 0.1) is 19.7 Å². The molecule has 0 saturated carbocycles. The second kappa shape index (κ2) is 9.18. The van der Waals surface area contributed by atoms with Gasteiger partial charge in [0.15, 0.2) is 0 Å². The summed E-state index contributed by atoms with van der Waals surface area (Å²) in [4.78, 5) is 17.2. The highest BCUT2D eigenvalue weighted by Crippen LogP contribution is 2.22. The maximum atomic E-state index is 12.6. The Hall–Kier alpha value is -3.05. The number of ether oxygens (including phenoxy) is 1. The molecule has 0 aromatic heterocycles. The summed E-state index contributed by atoms with van der Waals surface area (Å²) in [6.07, 6.45) is 0. The summed E-state index contributed by atoms with van der Waals surface area (Å²) in [6.45, 7) is 6.03. The van der Waals surface area contributed by atoms with Gasteiger partial charge in [0.25, 0.3) is 0 Å². The number of rotatable bonds is 6. The van der Waals surface area contributed by atoms with E-state index in [1.807, 2.05) is 31.2 Å². The van der Waals surface area contributed by atoms with Crippen LogP contribution >= 0.6 is 0 Å². The number of carbonyl (C=O) groups is 1. The van der Waals surface area contributed by atoms with Crippen molar-refractivity contribution in [3.63, 3.8) is 0 Å². The van der Waals surface area contributed by atoms with Crippen molar-refractivity contribution in [2.24, 2.45) is 0 Å². The molecule has 0 spiro atoms. The van der Waals surface area contributed by atoms with E-state index in [0.29, 0.717) is 6.54 Å². The highest BCUT2D eigenvalue weighted by Gasteiger charge is 2.20. The third kappa shape index (κ3) is 4.74. The molecule has 3 aromatic rings. The van der Waals surface area contributed by atoms with Gasteiger partial charge in [-0.05, 0) is 41.5 Å². The SMILES string of the molecule is COc1cccc(N2CCN(CC(=O)N[C@H](C)c3ccc4ccccc4c3)CC2)c1. The highest BCUT2D eigenvalue weighted by molar-refractivity contribution is 5.83. The van der Waals surface area contributed by atoms with Crippen molar-refractivity contribution < 1.29 is 9.53 Å². The summed E-state index contributed by atoms with van der Waals surface area (Å²) in [7, 11) is 1.69. The summed E-state index contributed by atoms with van der Waals surface area (Å²) >= 11 is 0. The van der Waals surface area contributed by atoms with E-state index in [1.54, 1.807) is 7.11 Å². The van der Waals surface area contributed by atoms with Gasteiger partial charge in [-0.25, -0.2) is 0 Å². The van der Waals surface area contributed by atoms with E-state index in [2.05, 4.69) is 57.6 Å². The smallest absolute Gasteiger partial charge is 0.234 e. The molecule has 5 heteroatoms. The highest BCUT2D eigenvalue weighted by atomic mass is 16.5. The summed E-state index contributed by atoms with van der Waals surface area (Å²) in [5.74, 6) is 0.947. The normalized spacial score (nSPS) is 15.7. The first-order valence-electron chi connectivity index (χ1n) is 10.5. The summed E-state index contributed by atoms with van der Waals surface area (Å²) in [5, 5.41) is 5.57. The van der Waals surface area contributed by atoms with E-state index in [1.165, 1.54) is 16.5 Å².